The molecule has 2 nitrogen and oxygen atoms in total. The number of ketones is 1. The number of hydrogen-bond donors (Lipinski definition) is 1. The molecule has 19 heavy (non-hydrogen) atoms. The van der Waals surface area contributed by atoms with Gasteiger partial charge < -0.3 is 5.73 Å². The first-order valence-electron chi connectivity index (χ1n) is 5.49. The minimum atomic E-state index is -0.0916. The molecule has 0 amide bonds. The zero-order valence-corrected chi connectivity index (χ0v) is 12.1. The highest BCUT2D eigenvalue weighted by atomic mass is 35.5. The largest absolute Gasteiger partial charge is 0.398 e. The molecule has 2 aromatic carbocycles. The van der Waals surface area contributed by atoms with Gasteiger partial charge in [0.05, 0.1) is 10.7 Å². The summed E-state index contributed by atoms with van der Waals surface area (Å²) < 4.78 is 0. The molecule has 0 aromatic heterocycles. The molecule has 0 saturated carbocycles. The van der Waals surface area contributed by atoms with Gasteiger partial charge in [-0.05, 0) is 42.0 Å². The average molecular weight is 315 g/mol. The molecule has 5 heteroatoms. The van der Waals surface area contributed by atoms with Crippen molar-refractivity contribution in [3.8, 4) is 0 Å². The van der Waals surface area contributed by atoms with Crippen LogP contribution in [-0.4, -0.2) is 5.78 Å². The SMILES string of the molecule is Nc1ccc(C(=O)Cc2cc(Cl)ccc2Cl)cc1Cl. The van der Waals surface area contributed by atoms with Crippen LogP contribution in [0.1, 0.15) is 15.9 Å². The van der Waals surface area contributed by atoms with E-state index in [1.54, 1.807) is 36.4 Å². The van der Waals surface area contributed by atoms with E-state index in [0.29, 0.717) is 31.9 Å². The van der Waals surface area contributed by atoms with Crippen molar-refractivity contribution in [1.82, 2.24) is 0 Å². The molecule has 0 unspecified atom stereocenters. The molecule has 2 rings (SSSR count). The Morgan fingerprint density at radius 3 is 2.42 bits per heavy atom. The summed E-state index contributed by atoms with van der Waals surface area (Å²) in [7, 11) is 0. The van der Waals surface area contributed by atoms with Crippen molar-refractivity contribution in [3.05, 3.63) is 62.6 Å². The molecule has 0 spiro atoms. The number of Topliss-reactive ketones (excluding diaryl/α,β-unsaturated/α-hetero) is 1. The van der Waals surface area contributed by atoms with E-state index >= 15 is 0 Å². The number of halogens is 3. The molecule has 0 aliphatic carbocycles. The highest BCUT2D eigenvalue weighted by Gasteiger charge is 2.11. The zero-order chi connectivity index (χ0) is 14.0. The Hall–Kier alpha value is -1.22. The van der Waals surface area contributed by atoms with Crippen molar-refractivity contribution < 1.29 is 4.79 Å². The molecule has 0 atom stereocenters. The molecule has 0 aliphatic heterocycles. The second-order valence-electron chi connectivity index (χ2n) is 4.07. The molecule has 2 N–H and O–H groups in total. The molecule has 98 valence electrons. The number of rotatable bonds is 3. The van der Waals surface area contributed by atoms with Crippen molar-refractivity contribution in [2.45, 2.75) is 6.42 Å². The van der Waals surface area contributed by atoms with Gasteiger partial charge in [-0.2, -0.15) is 0 Å². The van der Waals surface area contributed by atoms with Gasteiger partial charge in [0.1, 0.15) is 0 Å². The van der Waals surface area contributed by atoms with Gasteiger partial charge >= 0.3 is 0 Å². The van der Waals surface area contributed by atoms with Crippen LogP contribution in [-0.2, 0) is 6.42 Å². The van der Waals surface area contributed by atoms with E-state index in [4.69, 9.17) is 40.5 Å². The van der Waals surface area contributed by atoms with E-state index in [1.165, 1.54) is 0 Å². The Bertz CT molecular complexity index is 641. The molecule has 0 radical (unpaired) electrons. The molecular formula is C14H10Cl3NO. The quantitative estimate of drug-likeness (QED) is 0.661. The van der Waals surface area contributed by atoms with Crippen LogP contribution in [0.4, 0.5) is 5.69 Å². The number of carbonyl (C=O) groups excluding carboxylic acids is 1. The minimum absolute atomic E-state index is 0.0916. The van der Waals surface area contributed by atoms with Crippen LogP contribution in [0.15, 0.2) is 36.4 Å². The number of hydrogen-bond acceptors (Lipinski definition) is 2. The van der Waals surface area contributed by atoms with E-state index in [9.17, 15) is 4.79 Å². The molecule has 0 fully saturated rings. The zero-order valence-electron chi connectivity index (χ0n) is 9.79. The van der Waals surface area contributed by atoms with E-state index in [2.05, 4.69) is 0 Å². The average Bonchev–Trinajstić information content (AvgIpc) is 2.37. The lowest BCUT2D eigenvalue weighted by atomic mass is 10.0. The number of benzene rings is 2. The maximum absolute atomic E-state index is 12.1. The number of anilines is 1. The molecule has 2 aromatic rings. The lowest BCUT2D eigenvalue weighted by molar-refractivity contribution is 0.0993. The standard InChI is InChI=1S/C14H10Cl3NO/c15-10-2-3-11(16)9(5-10)7-14(19)8-1-4-13(18)12(17)6-8/h1-6H,7,18H2. The fourth-order valence-corrected chi connectivity index (χ4v) is 2.21. The van der Waals surface area contributed by atoms with E-state index < -0.39 is 0 Å². The molecule has 0 saturated heterocycles. The fraction of sp³-hybridized carbons (Fsp3) is 0.0714. The third-order valence-corrected chi connectivity index (χ3v) is 3.61. The second kappa shape index (κ2) is 5.83. The normalized spacial score (nSPS) is 10.5. The molecular weight excluding hydrogens is 305 g/mol. The Labute approximate surface area is 126 Å². The Morgan fingerprint density at radius 2 is 1.74 bits per heavy atom. The van der Waals surface area contributed by atoms with Gasteiger partial charge in [-0.15, -0.1) is 0 Å². The van der Waals surface area contributed by atoms with Crippen LogP contribution in [0.2, 0.25) is 15.1 Å². The second-order valence-corrected chi connectivity index (χ2v) is 5.32. The summed E-state index contributed by atoms with van der Waals surface area (Å²) >= 11 is 17.8. The van der Waals surface area contributed by atoms with Gasteiger partial charge in [-0.25, -0.2) is 0 Å². The van der Waals surface area contributed by atoms with Gasteiger partial charge in [-0.1, -0.05) is 34.8 Å². The first-order valence-corrected chi connectivity index (χ1v) is 6.63. The number of nitrogens with two attached hydrogens (primary N) is 1. The van der Waals surface area contributed by atoms with Crippen molar-refractivity contribution in [2.24, 2.45) is 0 Å². The monoisotopic (exact) mass is 313 g/mol. The van der Waals surface area contributed by atoms with Crippen LogP contribution in [0.3, 0.4) is 0 Å². The van der Waals surface area contributed by atoms with Crippen molar-refractivity contribution in [1.29, 1.82) is 0 Å². The van der Waals surface area contributed by atoms with Gasteiger partial charge in [0.2, 0.25) is 0 Å². The van der Waals surface area contributed by atoms with Gasteiger partial charge in [-0.3, -0.25) is 4.79 Å². The van der Waals surface area contributed by atoms with E-state index in [1.807, 2.05) is 0 Å². The first kappa shape index (κ1) is 14.2. The van der Waals surface area contributed by atoms with Crippen LogP contribution < -0.4 is 5.73 Å². The van der Waals surface area contributed by atoms with Crippen LogP contribution in [0, 0.1) is 0 Å². The summed E-state index contributed by atoms with van der Waals surface area (Å²) in [4.78, 5) is 12.1. The Kier molecular flexibility index (Phi) is 4.35. The van der Waals surface area contributed by atoms with Gasteiger partial charge in [0.25, 0.3) is 0 Å². The third kappa shape index (κ3) is 3.41. The molecule has 0 heterocycles. The fourth-order valence-electron chi connectivity index (χ4n) is 1.65. The van der Waals surface area contributed by atoms with E-state index in [0.717, 1.165) is 0 Å². The predicted octanol–water partition coefficient (Wildman–Crippen LogP) is 4.65. The number of carbonyl (C=O) groups is 1. The molecule has 0 aliphatic rings. The minimum Gasteiger partial charge on any atom is -0.398 e. The lowest BCUT2D eigenvalue weighted by Gasteiger charge is -2.06. The smallest absolute Gasteiger partial charge is 0.167 e. The summed E-state index contributed by atoms with van der Waals surface area (Å²) in [6, 6.07) is 9.83. The van der Waals surface area contributed by atoms with E-state index in [-0.39, 0.29) is 12.2 Å². The predicted molar refractivity (Wildman–Crippen MR) is 80.4 cm³/mol. The van der Waals surface area contributed by atoms with Crippen molar-refractivity contribution in [3.63, 3.8) is 0 Å². The van der Waals surface area contributed by atoms with Gasteiger partial charge in [0.15, 0.2) is 5.78 Å². The summed E-state index contributed by atoms with van der Waals surface area (Å²) in [5, 5.41) is 1.42. The van der Waals surface area contributed by atoms with Crippen LogP contribution in [0.5, 0.6) is 0 Å². The van der Waals surface area contributed by atoms with Crippen molar-refractivity contribution >= 4 is 46.3 Å². The van der Waals surface area contributed by atoms with Crippen LogP contribution in [0.25, 0.3) is 0 Å². The summed E-state index contributed by atoms with van der Waals surface area (Å²) in [6.45, 7) is 0. The summed E-state index contributed by atoms with van der Waals surface area (Å²) in [6.07, 6.45) is 0.166. The maximum Gasteiger partial charge on any atom is 0.167 e. The highest BCUT2D eigenvalue weighted by molar-refractivity contribution is 6.34. The van der Waals surface area contributed by atoms with Gasteiger partial charge in [0, 0.05) is 22.0 Å². The highest BCUT2D eigenvalue weighted by Crippen LogP contribution is 2.24. The Balaban J connectivity index is 2.25. The van der Waals surface area contributed by atoms with Crippen molar-refractivity contribution in [2.75, 3.05) is 5.73 Å². The lowest BCUT2D eigenvalue weighted by Crippen LogP contribution is -2.04. The maximum atomic E-state index is 12.1. The first-order chi connectivity index (χ1) is 8.97. The number of nitrogen functional groups attached to an aromatic ring is 1. The summed E-state index contributed by atoms with van der Waals surface area (Å²) in [5.74, 6) is -0.0916. The van der Waals surface area contributed by atoms with Crippen LogP contribution >= 0.6 is 34.8 Å². The third-order valence-electron chi connectivity index (χ3n) is 2.68. The summed E-state index contributed by atoms with van der Waals surface area (Å²) in [5.41, 5.74) is 7.23. The molecule has 0 bridgehead atoms. The Morgan fingerprint density at radius 1 is 1.00 bits per heavy atom. The topological polar surface area (TPSA) is 43.1 Å².